The van der Waals surface area contributed by atoms with Gasteiger partial charge in [0.2, 0.25) is 5.75 Å². The van der Waals surface area contributed by atoms with E-state index in [4.69, 9.17) is 10.00 Å². The summed E-state index contributed by atoms with van der Waals surface area (Å²) in [4.78, 5) is 26.4. The van der Waals surface area contributed by atoms with Crippen LogP contribution in [-0.4, -0.2) is 21.9 Å². The highest BCUT2D eigenvalue weighted by molar-refractivity contribution is 5.95. The van der Waals surface area contributed by atoms with E-state index in [1.165, 1.54) is 13.0 Å². The minimum absolute atomic E-state index is 0.0955. The largest absolute Gasteiger partial charge is 0.473 e. The van der Waals surface area contributed by atoms with Crippen molar-refractivity contribution >= 4 is 17.4 Å². The van der Waals surface area contributed by atoms with Crippen molar-refractivity contribution in [2.75, 3.05) is 5.32 Å². The molecule has 24 heavy (non-hydrogen) atoms. The van der Waals surface area contributed by atoms with E-state index in [1.807, 2.05) is 6.07 Å². The summed E-state index contributed by atoms with van der Waals surface area (Å²) in [5.74, 6) is -1.08. The Morgan fingerprint density at radius 2 is 2.08 bits per heavy atom. The van der Waals surface area contributed by atoms with E-state index in [0.29, 0.717) is 16.9 Å². The third kappa shape index (κ3) is 3.84. The molecular weight excluding hydrogens is 312 g/mol. The number of para-hydroxylation sites is 1. The zero-order valence-corrected chi connectivity index (χ0v) is 13.0. The summed E-state index contributed by atoms with van der Waals surface area (Å²) in [6.07, 6.45) is -1.01. The van der Waals surface area contributed by atoms with Crippen LogP contribution in [0.2, 0.25) is 0 Å². The van der Waals surface area contributed by atoms with E-state index in [-0.39, 0.29) is 5.75 Å². The second kappa shape index (κ2) is 7.19. The van der Waals surface area contributed by atoms with Gasteiger partial charge in [0.1, 0.15) is 11.8 Å². The Balaban J connectivity index is 2.15. The van der Waals surface area contributed by atoms with Gasteiger partial charge < -0.3 is 20.2 Å². The summed E-state index contributed by atoms with van der Waals surface area (Å²) in [7, 11) is 0. The fraction of sp³-hybridized carbons (Fsp3) is 0.188. The number of pyridine rings is 1. The van der Waals surface area contributed by atoms with Crippen LogP contribution in [0.4, 0.5) is 11.5 Å². The van der Waals surface area contributed by atoms with Crippen LogP contribution in [0.3, 0.4) is 0 Å². The molecule has 1 aromatic carbocycles. The van der Waals surface area contributed by atoms with Crippen LogP contribution < -0.4 is 10.1 Å². The van der Waals surface area contributed by atoms with E-state index >= 15 is 0 Å². The lowest BCUT2D eigenvalue weighted by atomic mass is 10.2. The molecule has 2 aromatic rings. The second-order valence-corrected chi connectivity index (χ2v) is 4.94. The summed E-state index contributed by atoms with van der Waals surface area (Å²) in [6, 6.07) is 11.4. The predicted molar refractivity (Wildman–Crippen MR) is 85.5 cm³/mol. The number of aromatic nitrogens is 1. The standard InChI is InChI=1S/C16H14N4O4/c1-10-7-8-14(15(18-10)20(22)23)24-11(2)16(21)19-13-6-4-3-5-12(13)9-17/h3-8,11H,1-2H3,(H,19,21). The average Bonchev–Trinajstić information content (AvgIpc) is 2.56. The van der Waals surface area contributed by atoms with E-state index in [9.17, 15) is 14.9 Å². The Morgan fingerprint density at radius 1 is 1.38 bits per heavy atom. The van der Waals surface area contributed by atoms with Crippen LogP contribution >= 0.6 is 0 Å². The minimum Gasteiger partial charge on any atom is -0.473 e. The number of rotatable bonds is 5. The molecule has 8 heteroatoms. The monoisotopic (exact) mass is 326 g/mol. The molecule has 0 aliphatic carbocycles. The van der Waals surface area contributed by atoms with Crippen LogP contribution in [0.5, 0.6) is 5.75 Å². The van der Waals surface area contributed by atoms with Crippen molar-refractivity contribution in [2.45, 2.75) is 20.0 Å². The van der Waals surface area contributed by atoms with E-state index in [2.05, 4.69) is 10.3 Å². The summed E-state index contributed by atoms with van der Waals surface area (Å²) in [6.45, 7) is 3.07. The number of amides is 1. The SMILES string of the molecule is Cc1ccc(OC(C)C(=O)Nc2ccccc2C#N)c([N+](=O)[O-])n1. The Hall–Kier alpha value is -3.47. The van der Waals surface area contributed by atoms with Crippen molar-refractivity contribution in [3.8, 4) is 11.8 Å². The van der Waals surface area contributed by atoms with Crippen molar-refractivity contribution < 1.29 is 14.5 Å². The summed E-state index contributed by atoms with van der Waals surface area (Å²) >= 11 is 0. The fourth-order valence-electron chi connectivity index (χ4n) is 1.92. The van der Waals surface area contributed by atoms with Gasteiger partial charge in [-0.1, -0.05) is 12.1 Å². The second-order valence-electron chi connectivity index (χ2n) is 4.94. The average molecular weight is 326 g/mol. The molecule has 1 N–H and O–H groups in total. The van der Waals surface area contributed by atoms with Crippen LogP contribution in [0, 0.1) is 28.4 Å². The number of nitriles is 1. The van der Waals surface area contributed by atoms with Crippen LogP contribution in [-0.2, 0) is 4.79 Å². The molecular formula is C16H14N4O4. The highest BCUT2D eigenvalue weighted by Crippen LogP contribution is 2.25. The first-order valence-electron chi connectivity index (χ1n) is 7.01. The molecule has 0 spiro atoms. The van der Waals surface area contributed by atoms with Gasteiger partial charge in [-0.15, -0.1) is 0 Å². The zero-order valence-electron chi connectivity index (χ0n) is 13.0. The molecule has 1 aromatic heterocycles. The molecule has 0 saturated carbocycles. The Kier molecular flexibility index (Phi) is 5.06. The quantitative estimate of drug-likeness (QED) is 0.666. The van der Waals surface area contributed by atoms with Crippen molar-refractivity contribution in [3.05, 3.63) is 57.8 Å². The lowest BCUT2D eigenvalue weighted by molar-refractivity contribution is -0.390. The number of ether oxygens (including phenoxy) is 1. The van der Waals surface area contributed by atoms with Crippen molar-refractivity contribution in [3.63, 3.8) is 0 Å². The van der Waals surface area contributed by atoms with Crippen molar-refractivity contribution in [2.24, 2.45) is 0 Å². The molecule has 0 bridgehead atoms. The molecule has 2 rings (SSSR count). The van der Waals surface area contributed by atoms with E-state index < -0.39 is 22.8 Å². The first-order valence-corrected chi connectivity index (χ1v) is 7.01. The van der Waals surface area contributed by atoms with Gasteiger partial charge in [-0.05, 0) is 41.1 Å². The van der Waals surface area contributed by atoms with Gasteiger partial charge in [0.25, 0.3) is 5.91 Å². The number of nitro groups is 1. The molecule has 1 unspecified atom stereocenters. The van der Waals surface area contributed by atoms with Gasteiger partial charge in [0.15, 0.2) is 6.10 Å². The molecule has 1 amide bonds. The fourth-order valence-corrected chi connectivity index (χ4v) is 1.92. The first kappa shape index (κ1) is 16.9. The molecule has 0 fully saturated rings. The molecule has 0 aliphatic heterocycles. The van der Waals surface area contributed by atoms with Gasteiger partial charge in [-0.25, -0.2) is 0 Å². The predicted octanol–water partition coefficient (Wildman–Crippen LogP) is 2.58. The smallest absolute Gasteiger partial charge is 0.406 e. The van der Waals surface area contributed by atoms with Gasteiger partial charge in [0, 0.05) is 6.92 Å². The normalized spacial score (nSPS) is 11.2. The highest BCUT2D eigenvalue weighted by Gasteiger charge is 2.23. The van der Waals surface area contributed by atoms with Crippen molar-refractivity contribution in [1.29, 1.82) is 5.26 Å². The number of carbonyl (C=O) groups excluding carboxylic acids is 1. The number of anilines is 1. The maximum atomic E-state index is 12.2. The van der Waals surface area contributed by atoms with Crippen molar-refractivity contribution in [1.82, 2.24) is 4.98 Å². The van der Waals surface area contributed by atoms with Gasteiger partial charge >= 0.3 is 5.82 Å². The maximum Gasteiger partial charge on any atom is 0.406 e. The number of aryl methyl sites for hydroxylation is 1. The van der Waals surface area contributed by atoms with Crippen LogP contribution in [0.15, 0.2) is 36.4 Å². The molecule has 0 radical (unpaired) electrons. The van der Waals surface area contributed by atoms with Crippen LogP contribution in [0.25, 0.3) is 0 Å². The molecule has 1 heterocycles. The van der Waals surface area contributed by atoms with E-state index in [0.717, 1.165) is 0 Å². The topological polar surface area (TPSA) is 118 Å². The Bertz CT molecular complexity index is 829. The molecule has 0 saturated heterocycles. The maximum absolute atomic E-state index is 12.2. The molecule has 8 nitrogen and oxygen atoms in total. The number of nitrogens with zero attached hydrogens (tertiary/aromatic N) is 3. The number of nitrogens with one attached hydrogen (secondary N) is 1. The van der Waals surface area contributed by atoms with Gasteiger partial charge in [-0.2, -0.15) is 5.26 Å². The zero-order chi connectivity index (χ0) is 17.7. The lowest BCUT2D eigenvalue weighted by Gasteiger charge is -2.15. The molecule has 122 valence electrons. The summed E-state index contributed by atoms with van der Waals surface area (Å²) in [5, 5.41) is 22.6. The minimum atomic E-state index is -1.01. The van der Waals surface area contributed by atoms with E-state index in [1.54, 1.807) is 37.3 Å². The third-order valence-electron chi connectivity index (χ3n) is 3.13. The first-order chi connectivity index (χ1) is 11.4. The number of hydrogen-bond acceptors (Lipinski definition) is 6. The van der Waals surface area contributed by atoms with Gasteiger partial charge in [-0.3, -0.25) is 4.79 Å². The highest BCUT2D eigenvalue weighted by atomic mass is 16.6. The molecule has 1 atom stereocenters. The summed E-state index contributed by atoms with van der Waals surface area (Å²) < 4.78 is 5.37. The molecule has 0 aliphatic rings. The summed E-state index contributed by atoms with van der Waals surface area (Å²) in [5.41, 5.74) is 1.12. The number of benzene rings is 1. The lowest BCUT2D eigenvalue weighted by Crippen LogP contribution is -2.30. The van der Waals surface area contributed by atoms with Gasteiger partial charge in [0.05, 0.1) is 11.3 Å². The number of hydrogen-bond donors (Lipinski definition) is 1. The Labute approximate surface area is 137 Å². The Morgan fingerprint density at radius 3 is 2.75 bits per heavy atom. The number of carbonyl (C=O) groups is 1. The third-order valence-corrected chi connectivity index (χ3v) is 3.13. The van der Waals surface area contributed by atoms with Crippen LogP contribution in [0.1, 0.15) is 18.2 Å².